The van der Waals surface area contributed by atoms with Crippen LogP contribution in [-0.4, -0.2) is 91.4 Å². The molecule has 2 aliphatic heterocycles. The van der Waals surface area contributed by atoms with Gasteiger partial charge in [0.2, 0.25) is 10.0 Å². The second-order valence-electron chi connectivity index (χ2n) is 14.8. The minimum absolute atomic E-state index is 0.124. The van der Waals surface area contributed by atoms with Crippen LogP contribution in [0.5, 0.6) is 5.75 Å². The predicted octanol–water partition coefficient (Wildman–Crippen LogP) is 5.75. The summed E-state index contributed by atoms with van der Waals surface area (Å²) in [5, 5.41) is 5.12. The average molecular weight is 742 g/mol. The number of morpholine rings is 1. The number of carbonyl (C=O) groups excluding carboxylic acids is 2. The molecule has 4 heterocycles. The smallest absolute Gasteiger partial charge is 0.264 e. The zero-order valence-corrected chi connectivity index (χ0v) is 31.4. The van der Waals surface area contributed by atoms with Crippen LogP contribution < -0.4 is 9.46 Å². The first-order chi connectivity index (χ1) is 25.7. The molecule has 1 saturated heterocycles. The highest BCUT2D eigenvalue weighted by atomic mass is 32.2. The summed E-state index contributed by atoms with van der Waals surface area (Å²) in [6, 6.07) is 11.7. The Morgan fingerprint density at radius 3 is 2.55 bits per heavy atom. The van der Waals surface area contributed by atoms with E-state index in [9.17, 15) is 18.0 Å². The zero-order valence-electron chi connectivity index (χ0n) is 30.6. The SMILES string of the molecule is COC[C@@H]1CN(C(=O)c2cnn(C)c2C2=Cc3cc(OC)ccc3-c3c(C4CCCCC4)c4ccc(C(=O)NS(=O)(=O)C5CCC5)cc4n3C2)CCO1. The van der Waals surface area contributed by atoms with Gasteiger partial charge in [0, 0.05) is 49.3 Å². The van der Waals surface area contributed by atoms with Gasteiger partial charge in [-0.2, -0.15) is 5.10 Å². The molecule has 53 heavy (non-hydrogen) atoms. The molecule has 2 aromatic carbocycles. The summed E-state index contributed by atoms with van der Waals surface area (Å²) in [4.78, 5) is 29.7. The Labute approximate surface area is 310 Å². The number of benzene rings is 2. The Bertz CT molecular complexity index is 2210. The summed E-state index contributed by atoms with van der Waals surface area (Å²) in [6.45, 7) is 2.08. The van der Waals surface area contributed by atoms with E-state index in [0.717, 1.165) is 65.4 Å². The second-order valence-corrected chi connectivity index (χ2v) is 16.8. The minimum atomic E-state index is -3.77. The van der Waals surface area contributed by atoms with Gasteiger partial charge in [-0.3, -0.25) is 14.3 Å². The van der Waals surface area contributed by atoms with Crippen molar-refractivity contribution in [1.29, 1.82) is 0 Å². The number of nitrogens with zero attached hydrogens (tertiary/aromatic N) is 4. The number of amides is 2. The Kier molecular flexibility index (Phi) is 9.67. The molecule has 2 aromatic heterocycles. The van der Waals surface area contributed by atoms with Crippen LogP contribution in [0, 0.1) is 0 Å². The lowest BCUT2D eigenvalue weighted by atomic mass is 9.81. The van der Waals surface area contributed by atoms with Crippen molar-refractivity contribution >= 4 is 44.4 Å². The van der Waals surface area contributed by atoms with E-state index in [4.69, 9.17) is 14.2 Å². The molecule has 1 atom stereocenters. The van der Waals surface area contributed by atoms with Crippen LogP contribution in [0.2, 0.25) is 0 Å². The number of ether oxygens (including phenoxy) is 3. The number of methoxy groups -OCH3 is 2. The quantitative estimate of drug-likeness (QED) is 0.229. The van der Waals surface area contributed by atoms with Crippen molar-refractivity contribution in [3.8, 4) is 17.0 Å². The summed E-state index contributed by atoms with van der Waals surface area (Å²) in [5.41, 5.74) is 7.50. The van der Waals surface area contributed by atoms with Crippen LogP contribution >= 0.6 is 0 Å². The highest BCUT2D eigenvalue weighted by Gasteiger charge is 2.35. The van der Waals surface area contributed by atoms with Crippen molar-refractivity contribution in [2.75, 3.05) is 40.5 Å². The van der Waals surface area contributed by atoms with Crippen molar-refractivity contribution in [1.82, 2.24) is 24.0 Å². The molecule has 3 fully saturated rings. The van der Waals surface area contributed by atoms with Crippen LogP contribution in [0.25, 0.3) is 33.8 Å². The third-order valence-corrected chi connectivity index (χ3v) is 13.3. The van der Waals surface area contributed by atoms with E-state index in [1.54, 1.807) is 31.2 Å². The van der Waals surface area contributed by atoms with Gasteiger partial charge in [0.1, 0.15) is 5.75 Å². The third-order valence-electron chi connectivity index (χ3n) is 11.5. The maximum Gasteiger partial charge on any atom is 0.264 e. The number of hydrogen-bond donors (Lipinski definition) is 1. The molecule has 13 heteroatoms. The van der Waals surface area contributed by atoms with Gasteiger partial charge in [0.15, 0.2) is 0 Å². The number of rotatable bonds is 9. The largest absolute Gasteiger partial charge is 0.497 e. The van der Waals surface area contributed by atoms with Gasteiger partial charge in [0.25, 0.3) is 11.8 Å². The Hall–Kier alpha value is -4.46. The van der Waals surface area contributed by atoms with E-state index in [1.165, 1.54) is 12.0 Å². The summed E-state index contributed by atoms with van der Waals surface area (Å²) in [6.07, 6.45) is 11.1. The monoisotopic (exact) mass is 741 g/mol. The fraction of sp³-hybridized carbons (Fsp3) is 0.475. The number of fused-ring (bicyclic) bond motifs is 5. The first-order valence-corrected chi connectivity index (χ1v) is 20.2. The van der Waals surface area contributed by atoms with E-state index in [-0.39, 0.29) is 17.6 Å². The van der Waals surface area contributed by atoms with Crippen molar-refractivity contribution in [2.45, 2.75) is 75.2 Å². The average Bonchev–Trinajstić information content (AvgIpc) is 3.61. The van der Waals surface area contributed by atoms with Gasteiger partial charge in [-0.15, -0.1) is 0 Å². The Morgan fingerprint density at radius 1 is 1.00 bits per heavy atom. The molecule has 0 spiro atoms. The van der Waals surface area contributed by atoms with Gasteiger partial charge in [-0.1, -0.05) is 31.7 Å². The number of aromatic nitrogens is 3. The lowest BCUT2D eigenvalue weighted by molar-refractivity contribution is -0.0531. The van der Waals surface area contributed by atoms with Crippen LogP contribution in [0.3, 0.4) is 0 Å². The number of hydrogen-bond acceptors (Lipinski definition) is 8. The fourth-order valence-electron chi connectivity index (χ4n) is 8.61. The zero-order chi connectivity index (χ0) is 36.9. The van der Waals surface area contributed by atoms with Gasteiger partial charge >= 0.3 is 0 Å². The number of allylic oxidation sites excluding steroid dienone is 1. The molecule has 4 aliphatic rings. The second kappa shape index (κ2) is 14.4. The van der Waals surface area contributed by atoms with Gasteiger partial charge in [0.05, 0.1) is 61.4 Å². The van der Waals surface area contributed by atoms with Crippen LogP contribution in [-0.2, 0) is 33.1 Å². The first kappa shape index (κ1) is 35.6. The fourth-order valence-corrected chi connectivity index (χ4v) is 10.1. The molecule has 2 aliphatic carbocycles. The molecule has 1 N–H and O–H groups in total. The number of aryl methyl sites for hydroxylation is 1. The van der Waals surface area contributed by atoms with Gasteiger partial charge in [-0.25, -0.2) is 13.1 Å². The van der Waals surface area contributed by atoms with Gasteiger partial charge < -0.3 is 23.7 Å². The highest BCUT2D eigenvalue weighted by molar-refractivity contribution is 7.90. The molecule has 280 valence electrons. The van der Waals surface area contributed by atoms with E-state index < -0.39 is 21.2 Å². The lowest BCUT2D eigenvalue weighted by Crippen LogP contribution is -2.47. The molecule has 8 rings (SSSR count). The molecule has 0 unspecified atom stereocenters. The molecule has 2 amide bonds. The van der Waals surface area contributed by atoms with E-state index >= 15 is 0 Å². The number of nitrogens with one attached hydrogen (secondary N) is 1. The van der Waals surface area contributed by atoms with Crippen molar-refractivity contribution < 1.29 is 32.2 Å². The normalized spacial score (nSPS) is 19.6. The molecular weight excluding hydrogens is 695 g/mol. The van der Waals surface area contributed by atoms with E-state index in [0.29, 0.717) is 68.6 Å². The minimum Gasteiger partial charge on any atom is -0.497 e. The molecule has 2 saturated carbocycles. The summed E-state index contributed by atoms with van der Waals surface area (Å²) in [7, 11) is 1.37. The van der Waals surface area contributed by atoms with Crippen molar-refractivity contribution in [2.24, 2.45) is 7.05 Å². The lowest BCUT2D eigenvalue weighted by Gasteiger charge is -2.32. The standard InChI is InChI=1S/C40H47N5O7S/c1-43-37(34(21-41-43)40(47)44-16-17-52-30(23-44)24-50-2)28-18-27-19-29(51-3)13-15-32(27)38-36(25-8-5-4-6-9-25)33-14-12-26(20-35(33)45(38)22-28)39(46)42-53(48,49)31-10-7-11-31/h12-15,18-21,25,30-31H,4-11,16-17,22-24H2,1-3H3,(H,42,46)/t30-/m0/s1. The Balaban J connectivity index is 1.28. The highest BCUT2D eigenvalue weighted by Crippen LogP contribution is 2.48. The van der Waals surface area contributed by atoms with Crippen LogP contribution in [0.4, 0.5) is 0 Å². The first-order valence-electron chi connectivity index (χ1n) is 18.7. The molecule has 4 aromatic rings. The Morgan fingerprint density at radius 2 is 1.81 bits per heavy atom. The predicted molar refractivity (Wildman–Crippen MR) is 202 cm³/mol. The summed E-state index contributed by atoms with van der Waals surface area (Å²) < 4.78 is 49.2. The molecule has 12 nitrogen and oxygen atoms in total. The maximum atomic E-state index is 14.3. The van der Waals surface area contributed by atoms with E-state index in [2.05, 4.69) is 26.5 Å². The third kappa shape index (κ3) is 6.57. The maximum absolute atomic E-state index is 14.3. The van der Waals surface area contributed by atoms with Crippen LogP contribution in [0.15, 0.2) is 42.6 Å². The number of carbonyl (C=O) groups is 2. The summed E-state index contributed by atoms with van der Waals surface area (Å²) in [5.74, 6) is 0.280. The molecule has 0 radical (unpaired) electrons. The van der Waals surface area contributed by atoms with Crippen LogP contribution in [0.1, 0.15) is 94.8 Å². The van der Waals surface area contributed by atoms with Gasteiger partial charge in [-0.05, 0) is 84.7 Å². The van der Waals surface area contributed by atoms with Crippen molar-refractivity contribution in [3.05, 3.63) is 70.5 Å². The number of sulfonamides is 1. The van der Waals surface area contributed by atoms with E-state index in [1.807, 2.05) is 36.2 Å². The molecular formula is C40H47N5O7S. The topological polar surface area (TPSA) is 134 Å². The summed E-state index contributed by atoms with van der Waals surface area (Å²) >= 11 is 0. The van der Waals surface area contributed by atoms with Crippen molar-refractivity contribution in [3.63, 3.8) is 0 Å². The molecule has 0 bridgehead atoms.